The van der Waals surface area contributed by atoms with Crippen LogP contribution in [0, 0.1) is 6.92 Å². The van der Waals surface area contributed by atoms with Crippen LogP contribution in [-0.2, 0) is 26.4 Å². The Bertz CT molecular complexity index is 582. The highest BCUT2D eigenvalue weighted by Gasteiger charge is 2.18. The van der Waals surface area contributed by atoms with E-state index in [4.69, 9.17) is 0 Å². The second kappa shape index (κ2) is 6.89. The molecular formula is C16H27N5. The molecule has 0 aromatic carbocycles. The first-order valence-corrected chi connectivity index (χ1v) is 7.88. The molecule has 0 aliphatic carbocycles. The molecule has 1 atom stereocenters. The zero-order chi connectivity index (χ0) is 15.4. The van der Waals surface area contributed by atoms with E-state index in [9.17, 15) is 0 Å². The van der Waals surface area contributed by atoms with Crippen molar-refractivity contribution in [2.75, 3.05) is 6.54 Å². The second-order valence-electron chi connectivity index (χ2n) is 5.45. The lowest BCUT2D eigenvalue weighted by molar-refractivity contribution is 0.514. The molecule has 0 saturated heterocycles. The Balaban J connectivity index is 2.27. The minimum atomic E-state index is 0.287. The zero-order valence-electron chi connectivity index (χ0n) is 13.8. The molecular weight excluding hydrogens is 262 g/mol. The Hall–Kier alpha value is -1.62. The quantitative estimate of drug-likeness (QED) is 0.851. The van der Waals surface area contributed by atoms with E-state index < -0.39 is 0 Å². The minimum Gasteiger partial charge on any atom is -0.310 e. The molecule has 2 aromatic heterocycles. The van der Waals surface area contributed by atoms with Crippen LogP contribution in [-0.4, -0.2) is 26.1 Å². The van der Waals surface area contributed by atoms with Crippen molar-refractivity contribution >= 4 is 0 Å². The van der Waals surface area contributed by atoms with Crippen molar-refractivity contribution in [3.05, 3.63) is 34.9 Å². The molecule has 0 saturated carbocycles. The maximum atomic E-state index is 4.65. The predicted octanol–water partition coefficient (Wildman–Crippen LogP) is 2.40. The molecule has 1 unspecified atom stereocenters. The number of likely N-dealkylation sites (N-methyl/N-ethyl adjacent to an activating group) is 1. The first-order valence-electron chi connectivity index (χ1n) is 7.88. The molecule has 2 aromatic rings. The normalized spacial score (nSPS) is 12.8. The number of aromatic nitrogens is 4. The van der Waals surface area contributed by atoms with Crippen molar-refractivity contribution in [2.24, 2.45) is 7.05 Å². The molecule has 0 radical (unpaired) electrons. The van der Waals surface area contributed by atoms with Crippen LogP contribution in [0.15, 0.2) is 12.3 Å². The molecule has 1 N–H and O–H groups in total. The molecule has 0 spiro atoms. The Morgan fingerprint density at radius 3 is 2.52 bits per heavy atom. The standard InChI is InChI=1S/C16H27N5/c1-6-13-9-14(21(8-3)19-13)10-16(17-7-2)15-11-20(5)18-12(15)4/h9,11,16-17H,6-8,10H2,1-5H3. The predicted molar refractivity (Wildman–Crippen MR) is 85.3 cm³/mol. The van der Waals surface area contributed by atoms with Gasteiger partial charge in [-0.3, -0.25) is 9.36 Å². The molecule has 2 rings (SSSR count). The lowest BCUT2D eigenvalue weighted by Gasteiger charge is -2.18. The van der Waals surface area contributed by atoms with Gasteiger partial charge in [0.2, 0.25) is 0 Å². The van der Waals surface area contributed by atoms with Crippen molar-refractivity contribution in [2.45, 2.75) is 53.1 Å². The summed E-state index contributed by atoms with van der Waals surface area (Å²) in [6, 6.07) is 2.52. The number of aryl methyl sites for hydroxylation is 4. The molecule has 0 fully saturated rings. The number of hydrogen-bond acceptors (Lipinski definition) is 3. The van der Waals surface area contributed by atoms with Gasteiger partial charge in [0.15, 0.2) is 0 Å². The average Bonchev–Trinajstić information content (AvgIpc) is 3.01. The molecule has 0 aliphatic rings. The van der Waals surface area contributed by atoms with E-state index in [-0.39, 0.29) is 6.04 Å². The van der Waals surface area contributed by atoms with Crippen molar-refractivity contribution < 1.29 is 0 Å². The summed E-state index contributed by atoms with van der Waals surface area (Å²) in [6.45, 7) is 10.4. The number of hydrogen-bond donors (Lipinski definition) is 1. The van der Waals surface area contributed by atoms with Crippen LogP contribution < -0.4 is 5.32 Å². The Labute approximate surface area is 127 Å². The third-order valence-electron chi connectivity index (χ3n) is 3.87. The van der Waals surface area contributed by atoms with E-state index in [2.05, 4.69) is 60.2 Å². The molecule has 21 heavy (non-hydrogen) atoms. The van der Waals surface area contributed by atoms with Crippen LogP contribution in [0.25, 0.3) is 0 Å². The fourth-order valence-electron chi connectivity index (χ4n) is 2.83. The van der Waals surface area contributed by atoms with Gasteiger partial charge in [-0.25, -0.2) is 0 Å². The molecule has 5 nitrogen and oxygen atoms in total. The van der Waals surface area contributed by atoms with Crippen LogP contribution >= 0.6 is 0 Å². The fourth-order valence-corrected chi connectivity index (χ4v) is 2.83. The monoisotopic (exact) mass is 289 g/mol. The molecule has 0 bridgehead atoms. The summed E-state index contributed by atoms with van der Waals surface area (Å²) in [6.07, 6.45) is 4.05. The highest BCUT2D eigenvalue weighted by atomic mass is 15.3. The molecule has 0 amide bonds. The van der Waals surface area contributed by atoms with Gasteiger partial charge in [-0.1, -0.05) is 13.8 Å². The molecule has 2 heterocycles. The topological polar surface area (TPSA) is 47.7 Å². The van der Waals surface area contributed by atoms with Crippen molar-refractivity contribution in [3.63, 3.8) is 0 Å². The lowest BCUT2D eigenvalue weighted by Crippen LogP contribution is -2.24. The highest BCUT2D eigenvalue weighted by molar-refractivity contribution is 5.23. The third-order valence-corrected chi connectivity index (χ3v) is 3.87. The Kier molecular flexibility index (Phi) is 5.17. The number of nitrogens with zero attached hydrogens (tertiary/aromatic N) is 4. The van der Waals surface area contributed by atoms with Crippen LogP contribution in [0.2, 0.25) is 0 Å². The summed E-state index contributed by atoms with van der Waals surface area (Å²) in [5, 5.41) is 12.7. The van der Waals surface area contributed by atoms with Gasteiger partial charge in [-0.2, -0.15) is 10.2 Å². The average molecular weight is 289 g/mol. The summed E-state index contributed by atoms with van der Waals surface area (Å²) in [7, 11) is 1.98. The second-order valence-corrected chi connectivity index (χ2v) is 5.45. The van der Waals surface area contributed by atoms with Gasteiger partial charge < -0.3 is 5.32 Å². The van der Waals surface area contributed by atoms with E-state index in [0.717, 1.165) is 31.6 Å². The van der Waals surface area contributed by atoms with E-state index in [1.807, 2.05) is 11.7 Å². The lowest BCUT2D eigenvalue weighted by atomic mass is 10.0. The van der Waals surface area contributed by atoms with Crippen LogP contribution in [0.4, 0.5) is 0 Å². The van der Waals surface area contributed by atoms with Gasteiger partial charge in [-0.05, 0) is 32.9 Å². The zero-order valence-corrected chi connectivity index (χ0v) is 13.8. The van der Waals surface area contributed by atoms with Crippen molar-refractivity contribution in [3.8, 4) is 0 Å². The van der Waals surface area contributed by atoms with E-state index in [1.54, 1.807) is 0 Å². The Morgan fingerprint density at radius 2 is 2.00 bits per heavy atom. The summed E-state index contributed by atoms with van der Waals surface area (Å²) in [4.78, 5) is 0. The first-order chi connectivity index (χ1) is 10.1. The van der Waals surface area contributed by atoms with Gasteiger partial charge in [0.25, 0.3) is 0 Å². The summed E-state index contributed by atoms with van der Waals surface area (Å²) < 4.78 is 4.01. The Morgan fingerprint density at radius 1 is 1.24 bits per heavy atom. The fraction of sp³-hybridized carbons (Fsp3) is 0.625. The molecule has 116 valence electrons. The summed E-state index contributed by atoms with van der Waals surface area (Å²) in [5.41, 5.74) is 4.84. The van der Waals surface area contributed by atoms with Crippen molar-refractivity contribution in [1.29, 1.82) is 0 Å². The summed E-state index contributed by atoms with van der Waals surface area (Å²) in [5.74, 6) is 0. The van der Waals surface area contributed by atoms with E-state index in [1.165, 1.54) is 17.0 Å². The van der Waals surface area contributed by atoms with Gasteiger partial charge in [0.1, 0.15) is 0 Å². The van der Waals surface area contributed by atoms with Gasteiger partial charge in [0, 0.05) is 43.5 Å². The minimum absolute atomic E-state index is 0.287. The molecule has 0 aliphatic heterocycles. The van der Waals surface area contributed by atoms with Crippen LogP contribution in [0.3, 0.4) is 0 Å². The van der Waals surface area contributed by atoms with Gasteiger partial charge in [-0.15, -0.1) is 0 Å². The van der Waals surface area contributed by atoms with Gasteiger partial charge >= 0.3 is 0 Å². The van der Waals surface area contributed by atoms with E-state index >= 15 is 0 Å². The van der Waals surface area contributed by atoms with Crippen molar-refractivity contribution in [1.82, 2.24) is 24.9 Å². The maximum absolute atomic E-state index is 4.65. The highest BCUT2D eigenvalue weighted by Crippen LogP contribution is 2.21. The smallest absolute Gasteiger partial charge is 0.0641 e. The third kappa shape index (κ3) is 3.53. The maximum Gasteiger partial charge on any atom is 0.0641 e. The number of rotatable bonds is 7. The van der Waals surface area contributed by atoms with Crippen LogP contribution in [0.5, 0.6) is 0 Å². The summed E-state index contributed by atoms with van der Waals surface area (Å²) >= 11 is 0. The van der Waals surface area contributed by atoms with E-state index in [0.29, 0.717) is 0 Å². The SMILES string of the molecule is CCNC(Cc1cc(CC)nn1CC)c1cn(C)nc1C. The first kappa shape index (κ1) is 15.8. The largest absolute Gasteiger partial charge is 0.310 e. The van der Waals surface area contributed by atoms with Crippen LogP contribution in [0.1, 0.15) is 49.5 Å². The number of nitrogens with one attached hydrogen (secondary N) is 1. The molecule has 5 heteroatoms. The van der Waals surface area contributed by atoms with Gasteiger partial charge in [0.05, 0.1) is 11.4 Å².